The van der Waals surface area contributed by atoms with Gasteiger partial charge in [-0.3, -0.25) is 0 Å². The zero-order valence-electron chi connectivity index (χ0n) is 38.3. The Bertz CT molecular complexity index is 2670. The van der Waals surface area contributed by atoms with Gasteiger partial charge in [0.2, 0.25) is 0 Å². The number of fused-ring (bicyclic) bond motifs is 4. The van der Waals surface area contributed by atoms with Crippen molar-refractivity contribution in [3.05, 3.63) is 231 Å². The summed E-state index contributed by atoms with van der Waals surface area (Å²) in [4.78, 5) is 0. The van der Waals surface area contributed by atoms with Crippen LogP contribution in [0.1, 0.15) is 64.5 Å². The second kappa shape index (κ2) is 26.3. The number of aryl methyl sites for hydroxylation is 2. The molecule has 0 heterocycles. The van der Waals surface area contributed by atoms with Crippen LogP contribution >= 0.6 is 0 Å². The zero-order chi connectivity index (χ0) is 44.2. The molecular formula is C62H62SiTi. The van der Waals surface area contributed by atoms with E-state index in [0.717, 1.165) is 35.2 Å². The van der Waals surface area contributed by atoms with Crippen molar-refractivity contribution in [3.63, 3.8) is 0 Å². The molecule has 0 bridgehead atoms. The molecule has 10 rings (SSSR count). The van der Waals surface area contributed by atoms with Crippen molar-refractivity contribution in [2.24, 2.45) is 0 Å². The summed E-state index contributed by atoms with van der Waals surface area (Å²) in [6, 6.07) is 74.1. The van der Waals surface area contributed by atoms with E-state index in [0.29, 0.717) is 0 Å². The number of benzene rings is 8. The molecule has 2 heteroatoms. The van der Waals surface area contributed by atoms with Crippen LogP contribution in [0.3, 0.4) is 0 Å². The molecule has 0 atom stereocenters. The minimum atomic E-state index is 0. The van der Waals surface area contributed by atoms with Gasteiger partial charge < -0.3 is 13.8 Å². The summed E-state index contributed by atoms with van der Waals surface area (Å²) in [7, 11) is 0.777. The number of hydrogen-bond donors (Lipinski definition) is 0. The minimum absolute atomic E-state index is 0. The largest absolute Gasteiger partial charge is 4.00 e. The molecule has 0 saturated carbocycles. The van der Waals surface area contributed by atoms with Gasteiger partial charge in [-0.05, 0) is 45.5 Å². The molecule has 0 nitrogen and oxygen atoms in total. The second-order valence-corrected chi connectivity index (χ2v) is 17.1. The minimum Gasteiger partial charge on any atom is -0.343 e. The Hall–Kier alpha value is -5.57. The van der Waals surface area contributed by atoms with Gasteiger partial charge in [0.1, 0.15) is 9.52 Å². The Kier molecular flexibility index (Phi) is 20.3. The molecule has 0 aliphatic rings. The molecule has 0 aliphatic heterocycles. The van der Waals surface area contributed by atoms with Crippen LogP contribution in [-0.4, -0.2) is 9.52 Å². The third-order valence-electron chi connectivity index (χ3n) is 11.1. The summed E-state index contributed by atoms with van der Waals surface area (Å²) in [6.07, 6.45) is 6.73. The van der Waals surface area contributed by atoms with Crippen LogP contribution in [0.5, 0.6) is 0 Å². The van der Waals surface area contributed by atoms with Gasteiger partial charge in [0.25, 0.3) is 0 Å². The molecule has 0 aromatic heterocycles. The van der Waals surface area contributed by atoms with Gasteiger partial charge in [0.15, 0.2) is 0 Å². The number of rotatable bonds is 8. The Labute approximate surface area is 401 Å². The van der Waals surface area contributed by atoms with Crippen molar-refractivity contribution in [1.29, 1.82) is 0 Å². The van der Waals surface area contributed by atoms with Crippen LogP contribution in [0, 0.1) is 13.8 Å². The van der Waals surface area contributed by atoms with Crippen molar-refractivity contribution in [2.75, 3.05) is 0 Å². The molecular weight excluding hydrogens is 821 g/mol. The average molecular weight is 883 g/mol. The van der Waals surface area contributed by atoms with Gasteiger partial charge in [-0.2, -0.15) is 25.0 Å². The van der Waals surface area contributed by atoms with E-state index >= 15 is 0 Å². The topological polar surface area (TPSA) is 0 Å². The van der Waals surface area contributed by atoms with Crippen molar-refractivity contribution in [1.82, 2.24) is 0 Å². The van der Waals surface area contributed by atoms with Gasteiger partial charge in [-0.1, -0.05) is 220 Å². The molecule has 0 spiro atoms. The predicted octanol–water partition coefficient (Wildman–Crippen LogP) is 16.5. The summed E-state index contributed by atoms with van der Waals surface area (Å²) in [5.41, 5.74) is 8.15. The first-order chi connectivity index (χ1) is 31.0. The maximum Gasteiger partial charge on any atom is 4.00 e. The van der Waals surface area contributed by atoms with E-state index in [1.165, 1.54) is 99.7 Å². The fraction of sp³-hybridized carbons (Fsp3) is 0.161. The summed E-state index contributed by atoms with van der Waals surface area (Å²) in [5.74, 6) is 0. The third kappa shape index (κ3) is 13.2. The quantitative estimate of drug-likeness (QED) is 0.105. The first-order valence-corrected chi connectivity index (χ1v) is 23.8. The Morgan fingerprint density at radius 1 is 0.375 bits per heavy atom. The average Bonchev–Trinajstić information content (AvgIpc) is 4.00. The molecule has 0 unspecified atom stereocenters. The zero-order valence-corrected chi connectivity index (χ0v) is 40.8. The Morgan fingerprint density at radius 2 is 0.688 bits per heavy atom. The van der Waals surface area contributed by atoms with E-state index in [2.05, 4.69) is 248 Å². The standard InChI is InChI=1S/2C21H17.C12H10Si.2C4H9.Ti/c2*1-2-15-13-17-9-6-12-20(21(17)14-15)19-11-5-8-16-7-3-4-10-18(16)19;1-3-7-11(8-4-1)13-12-9-5-2-6-10-12;2*1-3-4-2;/h2*3-14H,2H2,1H3;1-10H;2*1,3-4H2,2H3;/q2*-1;;2*-1;+4. The van der Waals surface area contributed by atoms with E-state index < -0.39 is 0 Å². The third-order valence-corrected chi connectivity index (χ3v) is 12.4. The maximum atomic E-state index is 3.60. The van der Waals surface area contributed by atoms with E-state index in [1.807, 2.05) is 0 Å². The molecule has 2 radical (unpaired) electrons. The van der Waals surface area contributed by atoms with Crippen molar-refractivity contribution >= 4 is 63.0 Å². The number of unbranched alkanes of at least 4 members (excludes halogenated alkanes) is 2. The smallest absolute Gasteiger partial charge is 0.343 e. The Morgan fingerprint density at radius 3 is 1.05 bits per heavy atom. The van der Waals surface area contributed by atoms with Crippen molar-refractivity contribution < 1.29 is 21.7 Å². The predicted molar refractivity (Wildman–Crippen MR) is 282 cm³/mol. The molecule has 0 N–H and O–H groups in total. The summed E-state index contributed by atoms with van der Waals surface area (Å²) >= 11 is 0. The molecule has 318 valence electrons. The SMILES string of the molecule is CCc1cc2c(-c3cccc4ccccc34)cccc2[cH-]1.CCc1cc2c(-c3cccc4ccccc34)cccc2[cH-]1.[CH2-]CCC.[CH2-]CCC.[Ti+4].c1ccc([Si]c2ccccc2)cc1. The van der Waals surface area contributed by atoms with E-state index in [-0.39, 0.29) is 21.7 Å². The van der Waals surface area contributed by atoms with Crippen LogP contribution in [0.15, 0.2) is 206 Å². The maximum absolute atomic E-state index is 3.60. The van der Waals surface area contributed by atoms with Gasteiger partial charge in [-0.15, -0.1) is 69.1 Å². The molecule has 10 aromatic rings. The normalized spacial score (nSPS) is 10.3. The van der Waals surface area contributed by atoms with E-state index in [1.54, 1.807) is 0 Å². The van der Waals surface area contributed by atoms with Crippen molar-refractivity contribution in [2.45, 2.75) is 66.2 Å². The van der Waals surface area contributed by atoms with Crippen molar-refractivity contribution in [3.8, 4) is 22.3 Å². The first kappa shape index (κ1) is 49.4. The molecule has 10 aromatic carbocycles. The van der Waals surface area contributed by atoms with Crippen LogP contribution in [0.25, 0.3) is 65.3 Å². The second-order valence-electron chi connectivity index (χ2n) is 15.7. The van der Waals surface area contributed by atoms with Gasteiger partial charge >= 0.3 is 21.7 Å². The molecule has 0 saturated heterocycles. The molecule has 0 fully saturated rings. The summed E-state index contributed by atoms with van der Waals surface area (Å²) < 4.78 is 0. The first-order valence-electron chi connectivity index (χ1n) is 22.8. The van der Waals surface area contributed by atoms with E-state index in [4.69, 9.17) is 0 Å². The monoisotopic (exact) mass is 882 g/mol. The van der Waals surface area contributed by atoms with Crippen LogP contribution in [0.2, 0.25) is 0 Å². The van der Waals surface area contributed by atoms with Crippen LogP contribution < -0.4 is 10.4 Å². The van der Waals surface area contributed by atoms with Gasteiger partial charge in [0, 0.05) is 0 Å². The van der Waals surface area contributed by atoms with Gasteiger partial charge in [-0.25, -0.2) is 0 Å². The fourth-order valence-corrected chi connectivity index (χ4v) is 8.65. The Balaban J connectivity index is 0.000000169. The summed E-state index contributed by atoms with van der Waals surface area (Å²) in [6.45, 7) is 15.9. The molecule has 0 aliphatic carbocycles. The molecule has 64 heavy (non-hydrogen) atoms. The van der Waals surface area contributed by atoms with E-state index in [9.17, 15) is 0 Å². The van der Waals surface area contributed by atoms with Crippen LogP contribution in [-0.2, 0) is 34.6 Å². The number of hydrogen-bond acceptors (Lipinski definition) is 0. The van der Waals surface area contributed by atoms with Gasteiger partial charge in [0.05, 0.1) is 0 Å². The fourth-order valence-electron chi connectivity index (χ4n) is 7.60. The molecule has 0 amide bonds. The van der Waals surface area contributed by atoms with Crippen LogP contribution in [0.4, 0.5) is 0 Å². The summed E-state index contributed by atoms with van der Waals surface area (Å²) in [5, 5.41) is 13.5.